The van der Waals surface area contributed by atoms with Crippen LogP contribution in [0.15, 0.2) is 15.5 Å². The lowest BCUT2D eigenvalue weighted by Crippen LogP contribution is -2.31. The highest BCUT2D eigenvalue weighted by atomic mass is 32.2. The second-order valence-electron chi connectivity index (χ2n) is 4.36. The Morgan fingerprint density at radius 2 is 1.70 bits per heavy atom. The largest absolute Gasteiger partial charge is 0.360 e. The molecule has 2 N–H and O–H groups in total. The van der Waals surface area contributed by atoms with Crippen LogP contribution in [-0.4, -0.2) is 23.5 Å². The number of nitrogens with zero attached hydrogens (tertiary/aromatic N) is 3. The molecular weight excluding hydrogens is 282 g/mol. The predicted molar refractivity (Wildman–Crippen MR) is 71.4 cm³/mol. The van der Waals surface area contributed by atoms with E-state index in [0.717, 1.165) is 11.4 Å². The molecule has 0 unspecified atom stereocenters. The van der Waals surface area contributed by atoms with E-state index in [1.165, 1.54) is 6.92 Å². The predicted octanol–water partition coefficient (Wildman–Crippen LogP) is 1.00. The lowest BCUT2D eigenvalue weighted by Gasteiger charge is -2.08. The number of aromatic nitrogens is 3. The molecule has 0 aliphatic heterocycles. The number of hydrogen-bond acceptors (Lipinski definition) is 7. The minimum Gasteiger partial charge on any atom is -0.360 e. The van der Waals surface area contributed by atoms with Crippen LogP contribution < -0.4 is 10.3 Å². The molecule has 0 aliphatic rings. The molecule has 108 valence electrons. The van der Waals surface area contributed by atoms with E-state index in [9.17, 15) is 8.42 Å². The van der Waals surface area contributed by atoms with E-state index in [0.29, 0.717) is 0 Å². The van der Waals surface area contributed by atoms with Crippen molar-refractivity contribution in [3.05, 3.63) is 28.9 Å². The smallest absolute Gasteiger partial charge is 0.262 e. The minimum absolute atomic E-state index is 0.00868. The van der Waals surface area contributed by atoms with Gasteiger partial charge < -0.3 is 4.52 Å². The number of aryl methyl sites for hydroxylation is 4. The van der Waals surface area contributed by atoms with Crippen LogP contribution in [0, 0.1) is 27.7 Å². The summed E-state index contributed by atoms with van der Waals surface area (Å²) in [6.07, 6.45) is 0. The molecule has 0 aliphatic carbocycles. The summed E-state index contributed by atoms with van der Waals surface area (Å²) in [6.45, 7) is 6.67. The number of anilines is 1. The van der Waals surface area contributed by atoms with Crippen molar-refractivity contribution >= 4 is 16.0 Å². The van der Waals surface area contributed by atoms with E-state index in [1.807, 2.05) is 0 Å². The van der Waals surface area contributed by atoms with Crippen LogP contribution in [-0.2, 0) is 10.0 Å². The van der Waals surface area contributed by atoms with Crippen LogP contribution in [0.1, 0.15) is 22.8 Å². The van der Waals surface area contributed by atoms with Crippen LogP contribution >= 0.6 is 0 Å². The van der Waals surface area contributed by atoms with Crippen molar-refractivity contribution in [1.82, 2.24) is 20.0 Å². The van der Waals surface area contributed by atoms with Gasteiger partial charge in [-0.25, -0.2) is 18.4 Å². The summed E-state index contributed by atoms with van der Waals surface area (Å²) in [6, 6.07) is 1.79. The van der Waals surface area contributed by atoms with Crippen molar-refractivity contribution in [2.45, 2.75) is 32.6 Å². The van der Waals surface area contributed by atoms with Gasteiger partial charge in [-0.3, -0.25) is 5.43 Å². The van der Waals surface area contributed by atoms with Gasteiger partial charge in [-0.2, -0.15) is 0 Å². The van der Waals surface area contributed by atoms with Gasteiger partial charge in [0.1, 0.15) is 10.6 Å². The Labute approximate surface area is 116 Å². The fourth-order valence-corrected chi connectivity index (χ4v) is 2.97. The van der Waals surface area contributed by atoms with Crippen LogP contribution in [0.3, 0.4) is 0 Å². The Hall–Kier alpha value is -2.00. The zero-order valence-electron chi connectivity index (χ0n) is 11.6. The molecule has 0 aromatic carbocycles. The van der Waals surface area contributed by atoms with Crippen molar-refractivity contribution in [2.75, 3.05) is 5.43 Å². The zero-order chi connectivity index (χ0) is 14.9. The summed E-state index contributed by atoms with van der Waals surface area (Å²) in [5.41, 5.74) is 4.24. The maximum Gasteiger partial charge on any atom is 0.262 e. The van der Waals surface area contributed by atoms with E-state index in [-0.39, 0.29) is 22.3 Å². The summed E-state index contributed by atoms with van der Waals surface area (Å²) in [5.74, 6) is 0.399. The second-order valence-corrected chi connectivity index (χ2v) is 5.98. The highest BCUT2D eigenvalue weighted by molar-refractivity contribution is 7.89. The number of nitrogens with one attached hydrogen (secondary N) is 2. The Balaban J connectivity index is 2.22. The van der Waals surface area contributed by atoms with Gasteiger partial charge in [0, 0.05) is 11.4 Å². The maximum atomic E-state index is 12.1. The van der Waals surface area contributed by atoms with E-state index in [2.05, 4.69) is 25.4 Å². The molecule has 20 heavy (non-hydrogen) atoms. The van der Waals surface area contributed by atoms with Crippen LogP contribution in [0.5, 0.6) is 0 Å². The van der Waals surface area contributed by atoms with Crippen molar-refractivity contribution in [2.24, 2.45) is 0 Å². The van der Waals surface area contributed by atoms with Gasteiger partial charge in [0.15, 0.2) is 5.76 Å². The third-order valence-electron chi connectivity index (χ3n) is 2.52. The van der Waals surface area contributed by atoms with Crippen molar-refractivity contribution in [3.8, 4) is 0 Å². The molecule has 2 heterocycles. The van der Waals surface area contributed by atoms with Gasteiger partial charge in [-0.05, 0) is 33.8 Å². The van der Waals surface area contributed by atoms with Crippen molar-refractivity contribution in [1.29, 1.82) is 0 Å². The Kier molecular flexibility index (Phi) is 3.73. The highest BCUT2D eigenvalue weighted by Crippen LogP contribution is 2.18. The first-order chi connectivity index (χ1) is 9.29. The average molecular weight is 297 g/mol. The summed E-state index contributed by atoms with van der Waals surface area (Å²) in [4.78, 5) is 10.4. The van der Waals surface area contributed by atoms with Gasteiger partial charge in [-0.1, -0.05) is 5.16 Å². The maximum absolute atomic E-state index is 12.1. The molecule has 0 spiro atoms. The molecule has 0 fully saturated rings. The topological polar surface area (TPSA) is 110 Å². The van der Waals surface area contributed by atoms with Gasteiger partial charge in [-0.15, -0.1) is 4.83 Å². The monoisotopic (exact) mass is 297 g/mol. The fraction of sp³-hybridized carbons (Fsp3) is 0.364. The van der Waals surface area contributed by atoms with Crippen molar-refractivity contribution < 1.29 is 12.9 Å². The Bertz CT molecular complexity index is 699. The fourth-order valence-electron chi connectivity index (χ4n) is 1.80. The number of hydrazine groups is 1. The second kappa shape index (κ2) is 5.17. The molecule has 8 nitrogen and oxygen atoms in total. The Morgan fingerprint density at radius 1 is 1.10 bits per heavy atom. The first-order valence-corrected chi connectivity index (χ1v) is 7.31. The molecule has 2 aromatic heterocycles. The molecule has 0 saturated heterocycles. The van der Waals surface area contributed by atoms with Crippen molar-refractivity contribution in [3.63, 3.8) is 0 Å². The van der Waals surface area contributed by atoms with E-state index >= 15 is 0 Å². The normalized spacial score (nSPS) is 11.6. The summed E-state index contributed by atoms with van der Waals surface area (Å²) < 4.78 is 29.1. The first kappa shape index (κ1) is 14.4. The summed E-state index contributed by atoms with van der Waals surface area (Å²) >= 11 is 0. The van der Waals surface area contributed by atoms with Gasteiger partial charge >= 0.3 is 0 Å². The van der Waals surface area contributed by atoms with Gasteiger partial charge in [0.2, 0.25) is 5.95 Å². The van der Waals surface area contributed by atoms with Crippen LogP contribution in [0.2, 0.25) is 0 Å². The quantitative estimate of drug-likeness (QED) is 0.810. The van der Waals surface area contributed by atoms with E-state index in [1.54, 1.807) is 26.8 Å². The first-order valence-electron chi connectivity index (χ1n) is 5.82. The lowest BCUT2D eigenvalue weighted by molar-refractivity contribution is 0.390. The summed E-state index contributed by atoms with van der Waals surface area (Å²) in [7, 11) is -3.80. The molecular formula is C11H15N5O3S. The molecule has 0 bridgehead atoms. The SMILES string of the molecule is Cc1cc(C)nc(NNS(=O)(=O)c2c(C)noc2C)n1. The van der Waals surface area contributed by atoms with E-state index in [4.69, 9.17) is 4.52 Å². The zero-order valence-corrected chi connectivity index (χ0v) is 12.4. The Morgan fingerprint density at radius 3 is 2.20 bits per heavy atom. The van der Waals surface area contributed by atoms with Crippen LogP contribution in [0.25, 0.3) is 0 Å². The molecule has 0 atom stereocenters. The molecule has 2 rings (SSSR count). The number of sulfonamides is 1. The molecule has 0 saturated carbocycles. The van der Waals surface area contributed by atoms with Crippen LogP contribution in [0.4, 0.5) is 5.95 Å². The standard InChI is InChI=1S/C11H15N5O3S/c1-6-5-7(2)13-11(12-6)14-16-20(17,18)10-8(3)15-19-9(10)4/h5,16H,1-4H3,(H,12,13,14). The lowest BCUT2D eigenvalue weighted by atomic mass is 10.4. The molecule has 2 aromatic rings. The van der Waals surface area contributed by atoms with E-state index < -0.39 is 10.0 Å². The molecule has 9 heteroatoms. The molecule has 0 radical (unpaired) electrons. The average Bonchev–Trinajstić information content (AvgIpc) is 2.66. The minimum atomic E-state index is -3.80. The number of rotatable bonds is 4. The third kappa shape index (κ3) is 2.94. The third-order valence-corrected chi connectivity index (χ3v) is 4.01. The van der Waals surface area contributed by atoms with Gasteiger partial charge in [0.05, 0.1) is 0 Å². The molecule has 0 amide bonds. The number of hydrogen-bond donors (Lipinski definition) is 2. The summed E-state index contributed by atoms with van der Waals surface area (Å²) in [5, 5.41) is 3.61. The highest BCUT2D eigenvalue weighted by Gasteiger charge is 2.24. The van der Waals surface area contributed by atoms with Gasteiger partial charge in [0.25, 0.3) is 10.0 Å².